The molecule has 0 bridgehead atoms. The van der Waals surface area contributed by atoms with Crippen LogP contribution in [0.15, 0.2) is 24.3 Å². The van der Waals surface area contributed by atoms with E-state index in [9.17, 15) is 0 Å². The highest BCUT2D eigenvalue weighted by Crippen LogP contribution is 2.16. The SMILES string of the molecule is COCCNCCNCc1ccccc1OC. The monoisotopic (exact) mass is 238 g/mol. The van der Waals surface area contributed by atoms with E-state index in [4.69, 9.17) is 9.47 Å². The van der Waals surface area contributed by atoms with Crippen LogP contribution in [0.5, 0.6) is 5.75 Å². The minimum absolute atomic E-state index is 0.756. The van der Waals surface area contributed by atoms with Crippen molar-refractivity contribution in [3.8, 4) is 5.75 Å². The van der Waals surface area contributed by atoms with E-state index in [0.29, 0.717) is 0 Å². The van der Waals surface area contributed by atoms with Crippen molar-refractivity contribution in [2.24, 2.45) is 0 Å². The van der Waals surface area contributed by atoms with Crippen LogP contribution in [-0.4, -0.2) is 40.5 Å². The third-order valence-corrected chi connectivity index (χ3v) is 2.47. The molecule has 0 saturated carbocycles. The van der Waals surface area contributed by atoms with E-state index in [-0.39, 0.29) is 0 Å². The summed E-state index contributed by atoms with van der Waals surface area (Å²) in [7, 11) is 3.41. The molecule has 1 rings (SSSR count). The van der Waals surface area contributed by atoms with Gasteiger partial charge in [0.1, 0.15) is 5.75 Å². The minimum Gasteiger partial charge on any atom is -0.496 e. The van der Waals surface area contributed by atoms with Gasteiger partial charge < -0.3 is 20.1 Å². The third-order valence-electron chi connectivity index (χ3n) is 2.47. The zero-order valence-corrected chi connectivity index (χ0v) is 10.7. The molecule has 0 heterocycles. The van der Waals surface area contributed by atoms with Crippen molar-refractivity contribution in [3.05, 3.63) is 29.8 Å². The molecule has 0 aliphatic rings. The first-order valence-corrected chi connectivity index (χ1v) is 5.90. The molecule has 0 radical (unpaired) electrons. The number of benzene rings is 1. The Balaban J connectivity index is 2.13. The fourth-order valence-electron chi connectivity index (χ4n) is 1.55. The summed E-state index contributed by atoms with van der Waals surface area (Å²) in [6.07, 6.45) is 0. The summed E-state index contributed by atoms with van der Waals surface area (Å²) in [6.45, 7) is 4.36. The molecule has 96 valence electrons. The van der Waals surface area contributed by atoms with Crippen LogP contribution in [0.25, 0.3) is 0 Å². The summed E-state index contributed by atoms with van der Waals surface area (Å²) < 4.78 is 10.2. The Kier molecular flexibility index (Phi) is 7.38. The molecule has 0 fully saturated rings. The first kappa shape index (κ1) is 14.0. The van der Waals surface area contributed by atoms with Crippen molar-refractivity contribution in [1.82, 2.24) is 10.6 Å². The molecule has 1 aromatic rings. The van der Waals surface area contributed by atoms with Crippen LogP contribution in [0.4, 0.5) is 0 Å². The molecule has 0 atom stereocenters. The van der Waals surface area contributed by atoms with Gasteiger partial charge in [0.2, 0.25) is 0 Å². The number of hydrogen-bond donors (Lipinski definition) is 2. The molecule has 0 spiro atoms. The molecule has 0 aromatic heterocycles. The van der Waals surface area contributed by atoms with E-state index < -0.39 is 0 Å². The first-order chi connectivity index (χ1) is 8.38. The number of hydrogen-bond acceptors (Lipinski definition) is 4. The van der Waals surface area contributed by atoms with Crippen molar-refractivity contribution in [2.75, 3.05) is 40.5 Å². The second-order valence-electron chi connectivity index (χ2n) is 3.73. The van der Waals surface area contributed by atoms with Gasteiger partial charge in [0, 0.05) is 38.9 Å². The van der Waals surface area contributed by atoms with Gasteiger partial charge in [-0.15, -0.1) is 0 Å². The van der Waals surface area contributed by atoms with Gasteiger partial charge in [-0.25, -0.2) is 0 Å². The first-order valence-electron chi connectivity index (χ1n) is 5.90. The van der Waals surface area contributed by atoms with E-state index in [1.54, 1.807) is 14.2 Å². The highest BCUT2D eigenvalue weighted by molar-refractivity contribution is 5.32. The average Bonchev–Trinajstić information content (AvgIpc) is 2.38. The smallest absolute Gasteiger partial charge is 0.123 e. The molecule has 2 N–H and O–H groups in total. The van der Waals surface area contributed by atoms with E-state index in [2.05, 4.69) is 16.7 Å². The maximum Gasteiger partial charge on any atom is 0.123 e. The van der Waals surface area contributed by atoms with Gasteiger partial charge in [-0.05, 0) is 6.07 Å². The van der Waals surface area contributed by atoms with Crippen molar-refractivity contribution >= 4 is 0 Å². The fourth-order valence-corrected chi connectivity index (χ4v) is 1.55. The van der Waals surface area contributed by atoms with Crippen molar-refractivity contribution in [1.29, 1.82) is 0 Å². The van der Waals surface area contributed by atoms with Crippen molar-refractivity contribution in [2.45, 2.75) is 6.54 Å². The van der Waals surface area contributed by atoms with Crippen molar-refractivity contribution < 1.29 is 9.47 Å². The fraction of sp³-hybridized carbons (Fsp3) is 0.538. The molecule has 0 aliphatic carbocycles. The number of para-hydroxylation sites is 1. The molecule has 0 aliphatic heterocycles. The average molecular weight is 238 g/mol. The van der Waals surface area contributed by atoms with Crippen LogP contribution in [0.2, 0.25) is 0 Å². The molecule has 0 saturated heterocycles. The van der Waals surface area contributed by atoms with Crippen molar-refractivity contribution in [3.63, 3.8) is 0 Å². The van der Waals surface area contributed by atoms with Crippen LogP contribution < -0.4 is 15.4 Å². The van der Waals surface area contributed by atoms with E-state index in [0.717, 1.165) is 38.5 Å². The second kappa shape index (κ2) is 8.98. The lowest BCUT2D eigenvalue weighted by molar-refractivity contribution is 0.199. The Hall–Kier alpha value is -1.10. The van der Waals surface area contributed by atoms with Gasteiger partial charge in [0.05, 0.1) is 13.7 Å². The Morgan fingerprint density at radius 2 is 1.76 bits per heavy atom. The number of methoxy groups -OCH3 is 2. The Bertz CT molecular complexity index is 305. The summed E-state index contributed by atoms with van der Waals surface area (Å²) in [5.74, 6) is 0.937. The van der Waals surface area contributed by atoms with Gasteiger partial charge >= 0.3 is 0 Å². The van der Waals surface area contributed by atoms with Gasteiger partial charge in [-0.3, -0.25) is 0 Å². The molecule has 1 aromatic carbocycles. The van der Waals surface area contributed by atoms with Crippen LogP contribution >= 0.6 is 0 Å². The highest BCUT2D eigenvalue weighted by atomic mass is 16.5. The number of nitrogens with one attached hydrogen (secondary N) is 2. The third kappa shape index (κ3) is 5.68. The van der Waals surface area contributed by atoms with E-state index >= 15 is 0 Å². The minimum atomic E-state index is 0.756. The van der Waals surface area contributed by atoms with E-state index in [1.807, 2.05) is 18.2 Å². The number of rotatable bonds is 9. The Morgan fingerprint density at radius 1 is 1.00 bits per heavy atom. The summed E-state index contributed by atoms with van der Waals surface area (Å²) in [6, 6.07) is 8.06. The maximum atomic E-state index is 5.28. The molecular weight excluding hydrogens is 216 g/mol. The molecule has 17 heavy (non-hydrogen) atoms. The lowest BCUT2D eigenvalue weighted by atomic mass is 10.2. The summed E-state index contributed by atoms with van der Waals surface area (Å²) in [5.41, 5.74) is 1.19. The van der Waals surface area contributed by atoms with Gasteiger partial charge in [0.25, 0.3) is 0 Å². The molecular formula is C13H22N2O2. The van der Waals surface area contributed by atoms with Crippen LogP contribution in [0.1, 0.15) is 5.56 Å². The predicted molar refractivity (Wildman–Crippen MR) is 69.4 cm³/mol. The number of ether oxygens (including phenoxy) is 2. The topological polar surface area (TPSA) is 42.5 Å². The van der Waals surface area contributed by atoms with Crippen LogP contribution in [-0.2, 0) is 11.3 Å². The zero-order chi connectivity index (χ0) is 12.3. The predicted octanol–water partition coefficient (Wildman–Crippen LogP) is 1.02. The second-order valence-corrected chi connectivity index (χ2v) is 3.73. The summed E-state index contributed by atoms with van der Waals surface area (Å²) >= 11 is 0. The Labute approximate surface area is 103 Å². The summed E-state index contributed by atoms with van der Waals surface area (Å²) in [4.78, 5) is 0. The Morgan fingerprint density at radius 3 is 2.53 bits per heavy atom. The molecule has 0 unspecified atom stereocenters. The quantitative estimate of drug-likeness (QED) is 0.630. The maximum absolute atomic E-state index is 5.28. The molecule has 4 heteroatoms. The highest BCUT2D eigenvalue weighted by Gasteiger charge is 1.99. The summed E-state index contributed by atoms with van der Waals surface area (Å²) in [5, 5.41) is 6.65. The van der Waals surface area contributed by atoms with Gasteiger partial charge in [-0.1, -0.05) is 18.2 Å². The van der Waals surface area contributed by atoms with Gasteiger partial charge in [-0.2, -0.15) is 0 Å². The lowest BCUT2D eigenvalue weighted by Gasteiger charge is -2.09. The zero-order valence-electron chi connectivity index (χ0n) is 10.7. The molecule has 4 nitrogen and oxygen atoms in total. The van der Waals surface area contributed by atoms with E-state index in [1.165, 1.54) is 5.56 Å². The lowest BCUT2D eigenvalue weighted by Crippen LogP contribution is -2.29. The largest absolute Gasteiger partial charge is 0.496 e. The van der Waals surface area contributed by atoms with Crippen LogP contribution in [0.3, 0.4) is 0 Å². The van der Waals surface area contributed by atoms with Crippen LogP contribution in [0, 0.1) is 0 Å². The standard InChI is InChI=1S/C13H22N2O2/c1-16-10-9-14-7-8-15-11-12-5-3-4-6-13(12)17-2/h3-6,14-15H,7-11H2,1-2H3. The van der Waals surface area contributed by atoms with Gasteiger partial charge in [0.15, 0.2) is 0 Å². The normalized spacial score (nSPS) is 10.5. The molecule has 0 amide bonds.